The van der Waals surface area contributed by atoms with Gasteiger partial charge in [0.1, 0.15) is 6.04 Å². The number of carboxylic acids is 1. The number of hydrogen-bond donors (Lipinski definition) is 2. The van der Waals surface area contributed by atoms with Crippen LogP contribution >= 0.6 is 11.6 Å². The molecule has 17 heavy (non-hydrogen) atoms. The summed E-state index contributed by atoms with van der Waals surface area (Å²) in [6.07, 6.45) is 0. The maximum atomic E-state index is 10.9. The lowest BCUT2D eigenvalue weighted by Gasteiger charge is -2.19. The van der Waals surface area contributed by atoms with Gasteiger partial charge in [-0.3, -0.25) is 10.1 Å². The van der Waals surface area contributed by atoms with Gasteiger partial charge in [-0.25, -0.2) is 0 Å². The second-order valence-electron chi connectivity index (χ2n) is 3.79. The number of carboxylic acid groups (broad SMARTS) is 1. The number of hydrogen-bond acceptors (Lipinski definition) is 3. The Morgan fingerprint density at radius 1 is 1.47 bits per heavy atom. The first-order valence-corrected chi connectivity index (χ1v) is 5.65. The highest BCUT2D eigenvalue weighted by atomic mass is 35.5. The molecule has 5 heteroatoms. The molecule has 0 bridgehead atoms. The van der Waals surface area contributed by atoms with E-state index < -0.39 is 12.0 Å². The molecule has 4 nitrogen and oxygen atoms in total. The number of rotatable bonds is 6. The van der Waals surface area contributed by atoms with Crippen molar-refractivity contribution in [3.05, 3.63) is 34.9 Å². The molecule has 0 saturated heterocycles. The summed E-state index contributed by atoms with van der Waals surface area (Å²) in [5.41, 5.74) is 0.983. The van der Waals surface area contributed by atoms with Gasteiger partial charge in [0, 0.05) is 18.2 Å². The van der Waals surface area contributed by atoms with Gasteiger partial charge in [0.05, 0.1) is 6.61 Å². The first-order chi connectivity index (χ1) is 8.04. The molecule has 0 radical (unpaired) electrons. The molecule has 94 valence electrons. The molecule has 1 aromatic carbocycles. The van der Waals surface area contributed by atoms with Gasteiger partial charge in [0.25, 0.3) is 0 Å². The zero-order chi connectivity index (χ0) is 12.8. The van der Waals surface area contributed by atoms with Crippen molar-refractivity contribution in [3.8, 4) is 0 Å². The van der Waals surface area contributed by atoms with Gasteiger partial charge < -0.3 is 9.84 Å². The maximum absolute atomic E-state index is 10.9. The fourth-order valence-corrected chi connectivity index (χ4v) is 1.63. The summed E-state index contributed by atoms with van der Waals surface area (Å²) in [6, 6.07) is 6.49. The average molecular weight is 258 g/mol. The third kappa shape index (κ3) is 4.34. The normalized spacial score (nSPS) is 14.3. The molecule has 0 spiro atoms. The van der Waals surface area contributed by atoms with Gasteiger partial charge in [0.2, 0.25) is 0 Å². The minimum Gasteiger partial charge on any atom is -0.480 e. The Labute approximate surface area is 106 Å². The largest absolute Gasteiger partial charge is 0.480 e. The van der Waals surface area contributed by atoms with Crippen LogP contribution in [0.3, 0.4) is 0 Å². The van der Waals surface area contributed by atoms with E-state index in [2.05, 4.69) is 5.32 Å². The molecule has 0 aromatic heterocycles. The average Bonchev–Trinajstić information content (AvgIpc) is 2.29. The number of methoxy groups -OCH3 is 1. The summed E-state index contributed by atoms with van der Waals surface area (Å²) in [5, 5.41) is 12.6. The van der Waals surface area contributed by atoms with Crippen LogP contribution < -0.4 is 5.32 Å². The van der Waals surface area contributed by atoms with E-state index >= 15 is 0 Å². The predicted octanol–water partition coefficient (Wildman–Crippen LogP) is 2.09. The van der Waals surface area contributed by atoms with E-state index in [1.54, 1.807) is 12.1 Å². The SMILES string of the molecule is COCC(NC(C)c1ccc(Cl)cc1)C(=O)O. The molecule has 1 rings (SSSR count). The van der Waals surface area contributed by atoms with E-state index in [-0.39, 0.29) is 12.6 Å². The molecule has 2 atom stereocenters. The number of carbonyl (C=O) groups is 1. The summed E-state index contributed by atoms with van der Waals surface area (Å²) < 4.78 is 4.86. The molecule has 0 amide bonds. The number of aliphatic carboxylic acids is 1. The van der Waals surface area contributed by atoms with E-state index in [1.807, 2.05) is 19.1 Å². The molecule has 1 aromatic rings. The Bertz CT molecular complexity index is 367. The Balaban J connectivity index is 2.66. The first kappa shape index (κ1) is 14.0. The molecule has 2 N–H and O–H groups in total. The van der Waals surface area contributed by atoms with Crippen molar-refractivity contribution in [2.24, 2.45) is 0 Å². The smallest absolute Gasteiger partial charge is 0.323 e. The van der Waals surface area contributed by atoms with Crippen LogP contribution in [-0.2, 0) is 9.53 Å². The van der Waals surface area contributed by atoms with Gasteiger partial charge in [0.15, 0.2) is 0 Å². The Hall–Kier alpha value is -1.10. The van der Waals surface area contributed by atoms with Crippen molar-refractivity contribution < 1.29 is 14.6 Å². The summed E-state index contributed by atoms with van der Waals surface area (Å²) in [4.78, 5) is 10.9. The van der Waals surface area contributed by atoms with Gasteiger partial charge >= 0.3 is 5.97 Å². The van der Waals surface area contributed by atoms with Crippen molar-refractivity contribution in [1.82, 2.24) is 5.32 Å². The minimum atomic E-state index is -0.923. The fraction of sp³-hybridized carbons (Fsp3) is 0.417. The van der Waals surface area contributed by atoms with Crippen LogP contribution in [0, 0.1) is 0 Å². The van der Waals surface area contributed by atoms with Gasteiger partial charge in [-0.15, -0.1) is 0 Å². The third-order valence-electron chi connectivity index (χ3n) is 2.45. The molecule has 0 aliphatic carbocycles. The van der Waals surface area contributed by atoms with E-state index in [1.165, 1.54) is 7.11 Å². The topological polar surface area (TPSA) is 58.6 Å². The molecule has 0 heterocycles. The number of benzene rings is 1. The standard InChI is InChI=1S/C12H16ClNO3/c1-8(9-3-5-10(13)6-4-9)14-11(7-17-2)12(15)16/h3-6,8,11,14H,7H2,1-2H3,(H,15,16). The fourth-order valence-electron chi connectivity index (χ4n) is 1.51. The van der Waals surface area contributed by atoms with Crippen molar-refractivity contribution in [2.75, 3.05) is 13.7 Å². The van der Waals surface area contributed by atoms with Gasteiger partial charge in [-0.2, -0.15) is 0 Å². The van der Waals surface area contributed by atoms with Crippen LogP contribution in [0.4, 0.5) is 0 Å². The van der Waals surface area contributed by atoms with Crippen LogP contribution in [0.1, 0.15) is 18.5 Å². The highest BCUT2D eigenvalue weighted by Gasteiger charge is 2.19. The monoisotopic (exact) mass is 257 g/mol. The lowest BCUT2D eigenvalue weighted by Crippen LogP contribution is -2.41. The van der Waals surface area contributed by atoms with E-state index in [0.29, 0.717) is 5.02 Å². The lowest BCUT2D eigenvalue weighted by atomic mass is 10.1. The van der Waals surface area contributed by atoms with Gasteiger partial charge in [-0.05, 0) is 24.6 Å². The third-order valence-corrected chi connectivity index (χ3v) is 2.70. The summed E-state index contributed by atoms with van der Waals surface area (Å²) in [7, 11) is 1.48. The predicted molar refractivity (Wildman–Crippen MR) is 66.3 cm³/mol. The maximum Gasteiger partial charge on any atom is 0.323 e. The first-order valence-electron chi connectivity index (χ1n) is 5.28. The molecular weight excluding hydrogens is 242 g/mol. The van der Waals surface area contributed by atoms with Crippen LogP contribution in [-0.4, -0.2) is 30.8 Å². The summed E-state index contributed by atoms with van der Waals surface area (Å²) >= 11 is 5.79. The van der Waals surface area contributed by atoms with Crippen LogP contribution in [0.15, 0.2) is 24.3 Å². The van der Waals surface area contributed by atoms with Gasteiger partial charge in [-0.1, -0.05) is 23.7 Å². The zero-order valence-corrected chi connectivity index (χ0v) is 10.6. The molecular formula is C12H16ClNO3. The van der Waals surface area contributed by atoms with Crippen LogP contribution in [0.2, 0.25) is 5.02 Å². The second-order valence-corrected chi connectivity index (χ2v) is 4.22. The van der Waals surface area contributed by atoms with Crippen LogP contribution in [0.5, 0.6) is 0 Å². The van der Waals surface area contributed by atoms with Crippen molar-refractivity contribution in [1.29, 1.82) is 0 Å². The number of halogens is 1. The molecule has 2 unspecified atom stereocenters. The Kier molecular flexibility index (Phi) is 5.41. The highest BCUT2D eigenvalue weighted by Crippen LogP contribution is 2.16. The van der Waals surface area contributed by atoms with Crippen molar-refractivity contribution in [2.45, 2.75) is 19.0 Å². The molecule has 0 aliphatic rings. The van der Waals surface area contributed by atoms with E-state index in [0.717, 1.165) is 5.56 Å². The zero-order valence-electron chi connectivity index (χ0n) is 9.81. The highest BCUT2D eigenvalue weighted by molar-refractivity contribution is 6.30. The summed E-state index contributed by atoms with van der Waals surface area (Å²) in [5.74, 6) is -0.923. The molecule has 0 aliphatic heterocycles. The van der Waals surface area contributed by atoms with Crippen molar-refractivity contribution in [3.63, 3.8) is 0 Å². The van der Waals surface area contributed by atoms with Crippen LogP contribution in [0.25, 0.3) is 0 Å². The van der Waals surface area contributed by atoms with E-state index in [4.69, 9.17) is 21.4 Å². The Morgan fingerprint density at radius 3 is 2.53 bits per heavy atom. The quantitative estimate of drug-likeness (QED) is 0.819. The number of nitrogens with one attached hydrogen (secondary N) is 1. The minimum absolute atomic E-state index is 0.0801. The van der Waals surface area contributed by atoms with E-state index in [9.17, 15) is 4.79 Å². The lowest BCUT2D eigenvalue weighted by molar-refractivity contribution is -0.141. The molecule has 0 saturated carbocycles. The number of ether oxygens (including phenoxy) is 1. The van der Waals surface area contributed by atoms with Crippen molar-refractivity contribution >= 4 is 17.6 Å². The Morgan fingerprint density at radius 2 is 2.06 bits per heavy atom. The molecule has 0 fully saturated rings. The second kappa shape index (κ2) is 6.59. The summed E-state index contributed by atoms with van der Waals surface area (Å²) in [6.45, 7) is 2.03.